The van der Waals surface area contributed by atoms with Crippen LogP contribution in [0, 0.1) is 11.3 Å². The fourth-order valence-corrected chi connectivity index (χ4v) is 1.81. The SMILES string of the molecule is CCOC(=O)CN(C)C(CC#N)c1ccccc1. The highest BCUT2D eigenvalue weighted by molar-refractivity contribution is 5.71. The van der Waals surface area contributed by atoms with E-state index in [0.29, 0.717) is 13.0 Å². The zero-order valence-corrected chi connectivity index (χ0v) is 10.8. The van der Waals surface area contributed by atoms with Crippen molar-refractivity contribution in [1.82, 2.24) is 4.90 Å². The van der Waals surface area contributed by atoms with E-state index in [2.05, 4.69) is 6.07 Å². The molecule has 0 aliphatic rings. The molecule has 0 saturated carbocycles. The summed E-state index contributed by atoms with van der Waals surface area (Å²) in [6, 6.07) is 11.8. The van der Waals surface area contributed by atoms with Gasteiger partial charge in [-0.25, -0.2) is 0 Å². The van der Waals surface area contributed by atoms with Crippen LogP contribution in [0.4, 0.5) is 0 Å². The molecule has 0 aromatic heterocycles. The van der Waals surface area contributed by atoms with Crippen molar-refractivity contribution in [2.24, 2.45) is 0 Å². The molecule has 1 unspecified atom stereocenters. The average molecular weight is 246 g/mol. The number of nitriles is 1. The fourth-order valence-electron chi connectivity index (χ4n) is 1.81. The van der Waals surface area contributed by atoms with Gasteiger partial charge in [-0.05, 0) is 19.5 Å². The van der Waals surface area contributed by atoms with Gasteiger partial charge in [-0.1, -0.05) is 30.3 Å². The van der Waals surface area contributed by atoms with E-state index in [1.54, 1.807) is 6.92 Å². The van der Waals surface area contributed by atoms with E-state index in [4.69, 9.17) is 10.00 Å². The first-order valence-electron chi connectivity index (χ1n) is 5.96. The van der Waals surface area contributed by atoms with Crippen LogP contribution in [-0.2, 0) is 9.53 Å². The second kappa shape index (κ2) is 7.46. The molecule has 4 heteroatoms. The zero-order chi connectivity index (χ0) is 13.4. The van der Waals surface area contributed by atoms with Gasteiger partial charge in [0.2, 0.25) is 0 Å². The molecule has 0 aliphatic carbocycles. The van der Waals surface area contributed by atoms with Crippen molar-refractivity contribution in [2.45, 2.75) is 19.4 Å². The molecule has 1 aromatic rings. The molecule has 1 aromatic carbocycles. The molecule has 0 spiro atoms. The van der Waals surface area contributed by atoms with Gasteiger partial charge in [-0.2, -0.15) is 5.26 Å². The normalized spacial score (nSPS) is 11.9. The van der Waals surface area contributed by atoms with Gasteiger partial charge < -0.3 is 4.74 Å². The quantitative estimate of drug-likeness (QED) is 0.722. The summed E-state index contributed by atoms with van der Waals surface area (Å²) in [4.78, 5) is 13.3. The number of esters is 1. The van der Waals surface area contributed by atoms with Gasteiger partial charge in [-0.3, -0.25) is 9.69 Å². The minimum Gasteiger partial charge on any atom is -0.465 e. The smallest absolute Gasteiger partial charge is 0.320 e. The lowest BCUT2D eigenvalue weighted by Crippen LogP contribution is -2.31. The number of likely N-dealkylation sites (N-methyl/N-ethyl adjacent to an activating group) is 1. The molecule has 1 atom stereocenters. The van der Waals surface area contributed by atoms with Crippen LogP contribution >= 0.6 is 0 Å². The van der Waals surface area contributed by atoms with Gasteiger partial charge in [0.1, 0.15) is 0 Å². The van der Waals surface area contributed by atoms with Crippen LogP contribution in [0.1, 0.15) is 24.9 Å². The summed E-state index contributed by atoms with van der Waals surface area (Å²) in [5.74, 6) is -0.265. The molecule has 4 nitrogen and oxygen atoms in total. The Morgan fingerprint density at radius 2 is 2.11 bits per heavy atom. The van der Waals surface area contributed by atoms with Crippen molar-refractivity contribution >= 4 is 5.97 Å². The van der Waals surface area contributed by atoms with Gasteiger partial charge in [0, 0.05) is 6.04 Å². The molecule has 1 rings (SSSR count). The predicted molar refractivity (Wildman–Crippen MR) is 68.7 cm³/mol. The molecule has 96 valence electrons. The molecular weight excluding hydrogens is 228 g/mol. The molecule has 0 aliphatic heterocycles. The van der Waals surface area contributed by atoms with Crippen LogP contribution in [-0.4, -0.2) is 31.1 Å². The van der Waals surface area contributed by atoms with Gasteiger partial charge in [0.25, 0.3) is 0 Å². The number of hydrogen-bond acceptors (Lipinski definition) is 4. The average Bonchev–Trinajstić information content (AvgIpc) is 2.37. The third-order valence-electron chi connectivity index (χ3n) is 2.68. The summed E-state index contributed by atoms with van der Waals surface area (Å²) in [6.07, 6.45) is 0.347. The lowest BCUT2D eigenvalue weighted by Gasteiger charge is -2.25. The van der Waals surface area contributed by atoms with Crippen LogP contribution in [0.5, 0.6) is 0 Å². The first-order chi connectivity index (χ1) is 8.69. The highest BCUT2D eigenvalue weighted by Gasteiger charge is 2.19. The largest absolute Gasteiger partial charge is 0.465 e. The molecule has 0 radical (unpaired) electrons. The number of benzene rings is 1. The molecule has 0 bridgehead atoms. The Morgan fingerprint density at radius 1 is 1.44 bits per heavy atom. The van der Waals surface area contributed by atoms with E-state index < -0.39 is 0 Å². The van der Waals surface area contributed by atoms with Crippen LogP contribution < -0.4 is 0 Å². The monoisotopic (exact) mass is 246 g/mol. The maximum Gasteiger partial charge on any atom is 0.320 e. The van der Waals surface area contributed by atoms with Crippen molar-refractivity contribution in [3.05, 3.63) is 35.9 Å². The Hall–Kier alpha value is -1.86. The third kappa shape index (κ3) is 4.19. The standard InChI is InChI=1S/C14H18N2O2/c1-3-18-14(17)11-16(2)13(9-10-15)12-7-5-4-6-8-12/h4-8,13H,3,9,11H2,1-2H3. The fraction of sp³-hybridized carbons (Fsp3) is 0.429. The number of rotatable bonds is 6. The van der Waals surface area contributed by atoms with E-state index >= 15 is 0 Å². The zero-order valence-electron chi connectivity index (χ0n) is 10.8. The Kier molecular flexibility index (Phi) is 5.89. The molecular formula is C14H18N2O2. The predicted octanol–water partition coefficient (Wildman–Crippen LogP) is 2.14. The molecule has 0 saturated heterocycles. The Balaban J connectivity index is 2.73. The minimum atomic E-state index is -0.265. The second-order valence-corrected chi connectivity index (χ2v) is 4.01. The summed E-state index contributed by atoms with van der Waals surface area (Å²) in [6.45, 7) is 2.35. The second-order valence-electron chi connectivity index (χ2n) is 4.01. The Morgan fingerprint density at radius 3 is 2.67 bits per heavy atom. The highest BCUT2D eigenvalue weighted by Crippen LogP contribution is 2.22. The van der Waals surface area contributed by atoms with Crippen molar-refractivity contribution in [2.75, 3.05) is 20.2 Å². The van der Waals surface area contributed by atoms with Gasteiger partial charge in [-0.15, -0.1) is 0 Å². The van der Waals surface area contributed by atoms with E-state index in [-0.39, 0.29) is 18.6 Å². The molecule has 0 amide bonds. The van der Waals surface area contributed by atoms with Gasteiger partial charge in [0.15, 0.2) is 0 Å². The molecule has 0 N–H and O–H groups in total. The number of nitrogens with zero attached hydrogens (tertiary/aromatic N) is 2. The first kappa shape index (κ1) is 14.2. The first-order valence-corrected chi connectivity index (χ1v) is 5.96. The van der Waals surface area contributed by atoms with E-state index in [9.17, 15) is 4.79 Å². The van der Waals surface area contributed by atoms with E-state index in [0.717, 1.165) is 5.56 Å². The Bertz CT molecular complexity index is 412. The lowest BCUT2D eigenvalue weighted by atomic mass is 10.0. The van der Waals surface area contributed by atoms with Crippen LogP contribution in [0.2, 0.25) is 0 Å². The van der Waals surface area contributed by atoms with E-state index in [1.807, 2.05) is 42.3 Å². The topological polar surface area (TPSA) is 53.3 Å². The van der Waals surface area contributed by atoms with Gasteiger partial charge >= 0.3 is 5.97 Å². The Labute approximate surface area is 108 Å². The maximum absolute atomic E-state index is 11.4. The summed E-state index contributed by atoms with van der Waals surface area (Å²) >= 11 is 0. The maximum atomic E-state index is 11.4. The minimum absolute atomic E-state index is 0.0828. The lowest BCUT2D eigenvalue weighted by molar-refractivity contribution is -0.144. The molecule has 0 heterocycles. The van der Waals surface area contributed by atoms with Crippen molar-refractivity contribution in [3.63, 3.8) is 0 Å². The van der Waals surface area contributed by atoms with Crippen molar-refractivity contribution < 1.29 is 9.53 Å². The summed E-state index contributed by atoms with van der Waals surface area (Å²) in [5.41, 5.74) is 1.03. The number of carbonyl (C=O) groups is 1. The van der Waals surface area contributed by atoms with Crippen molar-refractivity contribution in [1.29, 1.82) is 5.26 Å². The summed E-state index contributed by atoms with van der Waals surface area (Å²) in [7, 11) is 1.83. The number of carbonyl (C=O) groups excluding carboxylic acids is 1. The van der Waals surface area contributed by atoms with Crippen LogP contribution in [0.25, 0.3) is 0 Å². The van der Waals surface area contributed by atoms with Crippen LogP contribution in [0.15, 0.2) is 30.3 Å². The number of ether oxygens (including phenoxy) is 1. The summed E-state index contributed by atoms with van der Waals surface area (Å²) in [5, 5.41) is 8.89. The van der Waals surface area contributed by atoms with Crippen LogP contribution in [0.3, 0.4) is 0 Å². The van der Waals surface area contributed by atoms with E-state index in [1.165, 1.54) is 0 Å². The summed E-state index contributed by atoms with van der Waals surface area (Å²) < 4.78 is 4.91. The third-order valence-corrected chi connectivity index (χ3v) is 2.68. The highest BCUT2D eigenvalue weighted by atomic mass is 16.5. The van der Waals surface area contributed by atoms with Crippen molar-refractivity contribution in [3.8, 4) is 6.07 Å². The number of hydrogen-bond donors (Lipinski definition) is 0. The molecule has 18 heavy (non-hydrogen) atoms. The molecule has 0 fully saturated rings. The van der Waals surface area contributed by atoms with Gasteiger partial charge in [0.05, 0.1) is 25.6 Å².